The molecule has 1 saturated carbocycles. The van der Waals surface area contributed by atoms with Crippen molar-refractivity contribution >= 4 is 11.8 Å². The molecule has 3 heterocycles. The molecular formula is C16H27N3O2. The van der Waals surface area contributed by atoms with E-state index in [2.05, 4.69) is 15.5 Å². The number of carbonyl (C=O) groups excluding carboxylic acids is 2. The van der Waals surface area contributed by atoms with Gasteiger partial charge in [-0.2, -0.15) is 0 Å². The van der Waals surface area contributed by atoms with E-state index in [1.807, 2.05) is 0 Å². The third kappa shape index (κ3) is 3.96. The van der Waals surface area contributed by atoms with Gasteiger partial charge < -0.3 is 15.5 Å². The second kappa shape index (κ2) is 6.77. The van der Waals surface area contributed by atoms with Gasteiger partial charge in [0.2, 0.25) is 11.8 Å². The summed E-state index contributed by atoms with van der Waals surface area (Å²) in [7, 11) is 0. The van der Waals surface area contributed by atoms with Crippen molar-refractivity contribution in [2.24, 2.45) is 5.92 Å². The fourth-order valence-corrected chi connectivity index (χ4v) is 4.00. The van der Waals surface area contributed by atoms with Crippen molar-refractivity contribution in [3.05, 3.63) is 0 Å². The van der Waals surface area contributed by atoms with Crippen molar-refractivity contribution in [1.29, 1.82) is 0 Å². The Morgan fingerprint density at radius 3 is 2.10 bits per heavy atom. The minimum Gasteiger partial charge on any atom is -0.353 e. The highest BCUT2D eigenvalue weighted by atomic mass is 16.2. The van der Waals surface area contributed by atoms with E-state index >= 15 is 0 Å². The van der Waals surface area contributed by atoms with Crippen molar-refractivity contribution < 1.29 is 9.59 Å². The van der Waals surface area contributed by atoms with Crippen molar-refractivity contribution in [2.75, 3.05) is 19.6 Å². The average Bonchev–Trinajstić information content (AvgIpc) is 2.99. The molecule has 5 nitrogen and oxygen atoms in total. The van der Waals surface area contributed by atoms with Gasteiger partial charge in [-0.1, -0.05) is 12.8 Å². The van der Waals surface area contributed by atoms with Crippen LogP contribution in [0, 0.1) is 5.92 Å². The number of fused-ring (bicyclic) bond motifs is 3. The van der Waals surface area contributed by atoms with Crippen LogP contribution >= 0.6 is 0 Å². The van der Waals surface area contributed by atoms with Crippen LogP contribution in [0.15, 0.2) is 0 Å². The van der Waals surface area contributed by atoms with E-state index in [4.69, 9.17) is 0 Å². The van der Waals surface area contributed by atoms with Crippen LogP contribution in [-0.4, -0.2) is 48.4 Å². The highest BCUT2D eigenvalue weighted by molar-refractivity contribution is 5.84. The van der Waals surface area contributed by atoms with E-state index in [0.717, 1.165) is 19.4 Å². The van der Waals surface area contributed by atoms with Crippen LogP contribution in [-0.2, 0) is 9.59 Å². The molecule has 0 aromatic rings. The second-order valence-corrected chi connectivity index (χ2v) is 6.86. The van der Waals surface area contributed by atoms with Crippen LogP contribution in [0.4, 0.5) is 0 Å². The van der Waals surface area contributed by atoms with Crippen LogP contribution in [0.25, 0.3) is 0 Å². The molecule has 1 aliphatic carbocycles. The molecular weight excluding hydrogens is 266 g/mol. The lowest BCUT2D eigenvalue weighted by atomic mass is 9.84. The highest BCUT2D eigenvalue weighted by Gasteiger charge is 2.34. The predicted octanol–water partition coefficient (Wildman–Crippen LogP) is 1.04. The summed E-state index contributed by atoms with van der Waals surface area (Å²) in [5.74, 6) is 0.715. The van der Waals surface area contributed by atoms with Crippen LogP contribution in [0.2, 0.25) is 0 Å². The molecule has 4 aliphatic rings. The van der Waals surface area contributed by atoms with Gasteiger partial charge in [0, 0.05) is 31.5 Å². The van der Waals surface area contributed by atoms with Crippen LogP contribution in [0.5, 0.6) is 0 Å². The SMILES string of the molecule is O=C(CCC(=O)N[C@H]1CN2CCC1CC2)NC1CCCC1. The van der Waals surface area contributed by atoms with Crippen molar-refractivity contribution in [3.8, 4) is 0 Å². The Morgan fingerprint density at radius 2 is 1.52 bits per heavy atom. The summed E-state index contributed by atoms with van der Waals surface area (Å²) in [6.07, 6.45) is 7.66. The summed E-state index contributed by atoms with van der Waals surface area (Å²) in [6.45, 7) is 3.35. The van der Waals surface area contributed by atoms with Gasteiger partial charge in [-0.15, -0.1) is 0 Å². The molecule has 0 unspecified atom stereocenters. The maximum absolute atomic E-state index is 12.0. The Morgan fingerprint density at radius 1 is 0.905 bits per heavy atom. The van der Waals surface area contributed by atoms with Gasteiger partial charge in [0.25, 0.3) is 0 Å². The molecule has 3 saturated heterocycles. The van der Waals surface area contributed by atoms with E-state index in [-0.39, 0.29) is 11.8 Å². The quantitative estimate of drug-likeness (QED) is 0.796. The van der Waals surface area contributed by atoms with E-state index in [1.54, 1.807) is 0 Å². The van der Waals surface area contributed by atoms with Gasteiger partial charge in [0.15, 0.2) is 0 Å². The second-order valence-electron chi connectivity index (χ2n) is 6.86. The number of hydrogen-bond acceptors (Lipinski definition) is 3. The first kappa shape index (κ1) is 14.8. The van der Waals surface area contributed by atoms with Gasteiger partial charge in [-0.3, -0.25) is 9.59 Å². The summed E-state index contributed by atoms with van der Waals surface area (Å²) in [6, 6.07) is 0.653. The molecule has 2 bridgehead atoms. The maximum atomic E-state index is 12.0. The lowest BCUT2D eigenvalue weighted by Crippen LogP contribution is -2.57. The number of amides is 2. The smallest absolute Gasteiger partial charge is 0.220 e. The van der Waals surface area contributed by atoms with E-state index in [0.29, 0.717) is 30.8 Å². The first-order chi connectivity index (χ1) is 10.2. The molecule has 3 aliphatic heterocycles. The summed E-state index contributed by atoms with van der Waals surface area (Å²) >= 11 is 0. The number of rotatable bonds is 5. The number of carbonyl (C=O) groups is 2. The summed E-state index contributed by atoms with van der Waals surface area (Å²) in [4.78, 5) is 26.3. The topological polar surface area (TPSA) is 61.4 Å². The Kier molecular flexibility index (Phi) is 4.78. The zero-order valence-electron chi connectivity index (χ0n) is 12.8. The lowest BCUT2D eigenvalue weighted by Gasteiger charge is -2.44. The largest absolute Gasteiger partial charge is 0.353 e. The van der Waals surface area contributed by atoms with Crippen LogP contribution in [0.1, 0.15) is 51.4 Å². The Balaban J connectivity index is 1.35. The fraction of sp³-hybridized carbons (Fsp3) is 0.875. The molecule has 21 heavy (non-hydrogen) atoms. The molecule has 2 N–H and O–H groups in total. The number of nitrogens with one attached hydrogen (secondary N) is 2. The molecule has 0 aromatic carbocycles. The number of piperidine rings is 3. The molecule has 118 valence electrons. The third-order valence-corrected chi connectivity index (χ3v) is 5.30. The standard InChI is InChI=1S/C16H27N3O2/c20-15(17-13-3-1-2-4-13)5-6-16(21)18-14-11-19-9-7-12(14)8-10-19/h12-14H,1-11H2,(H,17,20)(H,18,21)/t14-/m0/s1. The van der Waals surface area contributed by atoms with Crippen molar-refractivity contribution in [3.63, 3.8) is 0 Å². The summed E-state index contributed by atoms with van der Waals surface area (Å²) < 4.78 is 0. The van der Waals surface area contributed by atoms with Gasteiger partial charge in [-0.25, -0.2) is 0 Å². The third-order valence-electron chi connectivity index (χ3n) is 5.30. The number of hydrogen-bond donors (Lipinski definition) is 2. The Hall–Kier alpha value is -1.10. The molecule has 0 radical (unpaired) electrons. The van der Waals surface area contributed by atoms with Gasteiger partial charge in [0.1, 0.15) is 0 Å². The Labute approximate surface area is 126 Å². The first-order valence-electron chi connectivity index (χ1n) is 8.52. The summed E-state index contributed by atoms with van der Waals surface area (Å²) in [5, 5.41) is 6.18. The minimum atomic E-state index is 0.0333. The molecule has 0 spiro atoms. The van der Waals surface area contributed by atoms with E-state index < -0.39 is 0 Å². The zero-order chi connectivity index (χ0) is 14.7. The fourth-order valence-electron chi connectivity index (χ4n) is 4.00. The van der Waals surface area contributed by atoms with Gasteiger partial charge in [-0.05, 0) is 44.7 Å². The summed E-state index contributed by atoms with van der Waals surface area (Å²) in [5.41, 5.74) is 0. The van der Waals surface area contributed by atoms with E-state index in [9.17, 15) is 9.59 Å². The Bertz CT molecular complexity index is 385. The first-order valence-corrected chi connectivity index (χ1v) is 8.52. The molecule has 4 fully saturated rings. The monoisotopic (exact) mass is 293 g/mol. The lowest BCUT2D eigenvalue weighted by molar-refractivity contribution is -0.127. The average molecular weight is 293 g/mol. The van der Waals surface area contributed by atoms with Crippen LogP contribution < -0.4 is 10.6 Å². The minimum absolute atomic E-state index is 0.0333. The maximum Gasteiger partial charge on any atom is 0.220 e. The molecule has 2 amide bonds. The van der Waals surface area contributed by atoms with Crippen molar-refractivity contribution in [2.45, 2.75) is 63.5 Å². The van der Waals surface area contributed by atoms with Crippen LogP contribution in [0.3, 0.4) is 0 Å². The molecule has 4 rings (SSSR count). The van der Waals surface area contributed by atoms with Gasteiger partial charge >= 0.3 is 0 Å². The number of nitrogens with zero attached hydrogens (tertiary/aromatic N) is 1. The molecule has 5 heteroatoms. The molecule has 1 atom stereocenters. The zero-order valence-corrected chi connectivity index (χ0v) is 12.8. The predicted molar refractivity (Wildman–Crippen MR) is 80.7 cm³/mol. The van der Waals surface area contributed by atoms with Crippen molar-refractivity contribution in [1.82, 2.24) is 15.5 Å². The van der Waals surface area contributed by atoms with E-state index in [1.165, 1.54) is 38.8 Å². The normalized spacial score (nSPS) is 32.1. The highest BCUT2D eigenvalue weighted by Crippen LogP contribution is 2.27. The molecule has 0 aromatic heterocycles. The van der Waals surface area contributed by atoms with Gasteiger partial charge in [0.05, 0.1) is 0 Å².